The van der Waals surface area contributed by atoms with Crippen LogP contribution in [0.3, 0.4) is 0 Å². The molecule has 1 aliphatic rings. The van der Waals surface area contributed by atoms with Crippen molar-refractivity contribution in [3.05, 3.63) is 82.8 Å². The van der Waals surface area contributed by atoms with Crippen molar-refractivity contribution in [3.63, 3.8) is 0 Å². The Balaban J connectivity index is 1.54. The Labute approximate surface area is 190 Å². The second-order valence-corrected chi connectivity index (χ2v) is 7.86. The Morgan fingerprint density at radius 2 is 2.06 bits per heavy atom. The minimum atomic E-state index is -1.49. The maximum absolute atomic E-state index is 14.1. The molecule has 1 aliphatic heterocycles. The number of hydrogen-bond acceptors (Lipinski definition) is 5. The topological polar surface area (TPSA) is 74.7 Å². The van der Waals surface area contributed by atoms with Crippen LogP contribution in [0.15, 0.2) is 54.7 Å². The molecule has 172 valence electrons. The van der Waals surface area contributed by atoms with Gasteiger partial charge in [-0.25, -0.2) is 13.8 Å². The molecule has 0 saturated carbocycles. The number of nitrogens with zero attached hydrogens (tertiary/aromatic N) is 2. The smallest absolute Gasteiger partial charge is 0.251 e. The van der Waals surface area contributed by atoms with Crippen molar-refractivity contribution in [1.82, 2.24) is 10.3 Å². The number of carbonyl (C=O) groups excluding carboxylic acids is 1. The molecule has 1 aromatic heterocycles. The van der Waals surface area contributed by atoms with E-state index in [4.69, 9.17) is 9.84 Å². The number of amides is 1. The van der Waals surface area contributed by atoms with E-state index < -0.39 is 18.6 Å². The molecule has 33 heavy (non-hydrogen) atoms. The number of pyridine rings is 1. The number of benzene rings is 2. The number of methoxy groups -OCH3 is 1. The molecule has 1 atom stereocenters. The minimum absolute atomic E-state index is 0.209. The zero-order chi connectivity index (χ0) is 23.4. The van der Waals surface area contributed by atoms with Gasteiger partial charge in [0.05, 0.1) is 20.3 Å². The number of hydrogen-bond donors (Lipinski definition) is 2. The number of aliphatic hydroxyl groups excluding tert-OH is 1. The van der Waals surface area contributed by atoms with Gasteiger partial charge in [0.2, 0.25) is 0 Å². The summed E-state index contributed by atoms with van der Waals surface area (Å²) >= 11 is 0. The molecular weight excluding hydrogens is 428 g/mol. The maximum Gasteiger partial charge on any atom is 0.251 e. The van der Waals surface area contributed by atoms with Crippen LogP contribution < -0.4 is 15.0 Å². The summed E-state index contributed by atoms with van der Waals surface area (Å²) in [6.07, 6.45) is 1.41. The normalized spacial score (nSPS) is 13.5. The number of fused-ring (bicyclic) bond motifs is 1. The monoisotopic (exact) mass is 453 g/mol. The van der Waals surface area contributed by atoms with Crippen LogP contribution >= 0.6 is 0 Å². The lowest BCUT2D eigenvalue weighted by atomic mass is 10.0. The fourth-order valence-corrected chi connectivity index (χ4v) is 4.02. The number of ether oxygens (including phenoxy) is 1. The molecule has 0 aliphatic carbocycles. The van der Waals surface area contributed by atoms with Gasteiger partial charge in [0.1, 0.15) is 12.0 Å². The summed E-state index contributed by atoms with van der Waals surface area (Å²) in [6.45, 7) is -0.222. The number of aromatic nitrogens is 1. The largest absolute Gasteiger partial charge is 0.494 e. The Morgan fingerprint density at radius 1 is 1.24 bits per heavy atom. The number of anilines is 2. The highest BCUT2D eigenvalue weighted by atomic mass is 19.1. The van der Waals surface area contributed by atoms with Crippen LogP contribution in [0.2, 0.25) is 0 Å². The van der Waals surface area contributed by atoms with Crippen molar-refractivity contribution in [2.24, 2.45) is 0 Å². The first-order valence-corrected chi connectivity index (χ1v) is 10.7. The van der Waals surface area contributed by atoms with Crippen LogP contribution in [0, 0.1) is 5.82 Å². The molecule has 0 saturated heterocycles. The highest BCUT2D eigenvalue weighted by Gasteiger charge is 2.26. The molecule has 8 heteroatoms. The van der Waals surface area contributed by atoms with Gasteiger partial charge in [0.15, 0.2) is 11.6 Å². The summed E-state index contributed by atoms with van der Waals surface area (Å²) in [7, 11) is 1.43. The van der Waals surface area contributed by atoms with Crippen molar-refractivity contribution in [2.75, 3.05) is 31.7 Å². The van der Waals surface area contributed by atoms with E-state index in [9.17, 15) is 13.6 Å². The van der Waals surface area contributed by atoms with E-state index in [0.29, 0.717) is 24.9 Å². The first-order chi connectivity index (χ1) is 16.0. The Morgan fingerprint density at radius 3 is 2.82 bits per heavy atom. The van der Waals surface area contributed by atoms with Gasteiger partial charge >= 0.3 is 0 Å². The molecule has 1 unspecified atom stereocenters. The van der Waals surface area contributed by atoms with E-state index in [-0.39, 0.29) is 18.2 Å². The first kappa shape index (κ1) is 22.7. The van der Waals surface area contributed by atoms with E-state index in [0.717, 1.165) is 28.2 Å². The Hall–Kier alpha value is -3.52. The molecule has 1 amide bonds. The zero-order valence-electron chi connectivity index (χ0n) is 18.2. The fourth-order valence-electron chi connectivity index (χ4n) is 4.02. The summed E-state index contributed by atoms with van der Waals surface area (Å²) in [5, 5.41) is 11.4. The van der Waals surface area contributed by atoms with E-state index in [1.165, 1.54) is 13.2 Å². The van der Waals surface area contributed by atoms with Crippen LogP contribution in [0.5, 0.6) is 5.75 Å². The average molecular weight is 453 g/mol. The molecule has 6 nitrogen and oxygen atoms in total. The standard InChI is InChI=1S/C25H25F2N3O3/c1-33-23-6-5-16(12-21(23)27)11-17-7-9-28-24(13-17)30-10-8-19-20(3-2-4-22(19)30)25(32)29-14-18(26)15-31/h2-7,9,12-13,18,31H,8,10-11,14-15H2,1H3,(H,29,32). The average Bonchev–Trinajstić information content (AvgIpc) is 3.27. The predicted octanol–water partition coefficient (Wildman–Crippen LogP) is 3.57. The van der Waals surface area contributed by atoms with Crippen LogP contribution in [0.1, 0.15) is 27.0 Å². The molecule has 0 spiro atoms. The van der Waals surface area contributed by atoms with Gasteiger partial charge < -0.3 is 20.1 Å². The van der Waals surface area contributed by atoms with Gasteiger partial charge in [0, 0.05) is 24.0 Å². The van der Waals surface area contributed by atoms with Gasteiger partial charge in [0.25, 0.3) is 5.91 Å². The summed E-state index contributed by atoms with van der Waals surface area (Å²) < 4.78 is 32.3. The molecule has 0 bridgehead atoms. The second kappa shape index (κ2) is 9.95. The third kappa shape index (κ3) is 4.96. The lowest BCUT2D eigenvalue weighted by Crippen LogP contribution is -2.32. The van der Waals surface area contributed by atoms with E-state index >= 15 is 0 Å². The van der Waals surface area contributed by atoms with Crippen molar-refractivity contribution in [1.29, 1.82) is 0 Å². The summed E-state index contributed by atoms with van der Waals surface area (Å²) in [5.41, 5.74) is 4.04. The summed E-state index contributed by atoms with van der Waals surface area (Å²) in [6, 6.07) is 14.2. The van der Waals surface area contributed by atoms with Crippen LogP contribution in [-0.2, 0) is 12.8 Å². The summed E-state index contributed by atoms with van der Waals surface area (Å²) in [4.78, 5) is 19.1. The van der Waals surface area contributed by atoms with E-state index in [2.05, 4.69) is 10.3 Å². The molecule has 4 rings (SSSR count). The number of halogens is 2. The predicted molar refractivity (Wildman–Crippen MR) is 121 cm³/mol. The Bertz CT molecular complexity index is 1160. The Kier molecular flexibility index (Phi) is 6.84. The minimum Gasteiger partial charge on any atom is -0.494 e. The number of carbonyl (C=O) groups is 1. The molecule has 0 radical (unpaired) electrons. The van der Waals surface area contributed by atoms with E-state index in [1.807, 2.05) is 29.2 Å². The highest BCUT2D eigenvalue weighted by molar-refractivity contribution is 5.98. The fraction of sp³-hybridized carbons (Fsp3) is 0.280. The van der Waals surface area contributed by atoms with Gasteiger partial charge in [-0.2, -0.15) is 0 Å². The van der Waals surface area contributed by atoms with Crippen LogP contribution in [-0.4, -0.2) is 49.0 Å². The highest BCUT2D eigenvalue weighted by Crippen LogP contribution is 2.36. The lowest BCUT2D eigenvalue weighted by Gasteiger charge is -2.19. The van der Waals surface area contributed by atoms with Gasteiger partial charge in [-0.05, 0) is 65.9 Å². The number of rotatable bonds is 8. The maximum atomic E-state index is 14.1. The number of aliphatic hydroxyl groups is 1. The van der Waals surface area contributed by atoms with Gasteiger partial charge in [-0.3, -0.25) is 4.79 Å². The summed E-state index contributed by atoms with van der Waals surface area (Å²) in [5.74, 6) is 0.178. The number of nitrogens with one attached hydrogen (secondary N) is 1. The van der Waals surface area contributed by atoms with Crippen molar-refractivity contribution >= 4 is 17.4 Å². The number of alkyl halides is 1. The second-order valence-electron chi connectivity index (χ2n) is 7.86. The van der Waals surface area contributed by atoms with Crippen LogP contribution in [0.4, 0.5) is 20.3 Å². The van der Waals surface area contributed by atoms with Crippen LogP contribution in [0.25, 0.3) is 0 Å². The third-order valence-electron chi connectivity index (χ3n) is 5.67. The SMILES string of the molecule is COc1ccc(Cc2ccnc(N3CCc4c(C(=O)NCC(F)CO)cccc43)c2)cc1F. The van der Waals surface area contributed by atoms with Gasteiger partial charge in [-0.15, -0.1) is 0 Å². The zero-order valence-corrected chi connectivity index (χ0v) is 18.2. The molecule has 2 heterocycles. The molecule has 2 N–H and O–H groups in total. The molecule has 0 fully saturated rings. The molecule has 2 aromatic carbocycles. The third-order valence-corrected chi connectivity index (χ3v) is 5.67. The van der Waals surface area contributed by atoms with Gasteiger partial charge in [-0.1, -0.05) is 12.1 Å². The first-order valence-electron chi connectivity index (χ1n) is 10.7. The van der Waals surface area contributed by atoms with Crippen molar-refractivity contribution < 1.29 is 23.4 Å². The van der Waals surface area contributed by atoms with Crippen molar-refractivity contribution in [3.8, 4) is 5.75 Å². The van der Waals surface area contributed by atoms with E-state index in [1.54, 1.807) is 24.4 Å². The molecule has 3 aromatic rings. The molecular formula is C25H25F2N3O3. The lowest BCUT2D eigenvalue weighted by molar-refractivity contribution is 0.0927. The quantitative estimate of drug-likeness (QED) is 0.546. The van der Waals surface area contributed by atoms with Crippen molar-refractivity contribution in [2.45, 2.75) is 19.0 Å².